The zero-order valence-corrected chi connectivity index (χ0v) is 24.7. The first-order chi connectivity index (χ1) is 18.3. The average molecular weight is 536 g/mol. The number of benzene rings is 2. The number of amides is 3. The van der Waals surface area contributed by atoms with Crippen LogP contribution in [0, 0.1) is 12.8 Å². The largest absolute Gasteiger partial charge is 0.444 e. The lowest BCUT2D eigenvalue weighted by Crippen LogP contribution is -2.55. The monoisotopic (exact) mass is 535 g/mol. The van der Waals surface area contributed by atoms with Gasteiger partial charge in [-0.3, -0.25) is 9.59 Å². The number of nitrogens with one attached hydrogen (secondary N) is 2. The van der Waals surface area contributed by atoms with Gasteiger partial charge in [0, 0.05) is 11.7 Å². The van der Waals surface area contributed by atoms with Crippen LogP contribution >= 0.6 is 0 Å². The Bertz CT molecular complexity index is 1150. The van der Waals surface area contributed by atoms with E-state index in [1.165, 1.54) is 0 Å². The van der Waals surface area contributed by atoms with Gasteiger partial charge in [-0.15, -0.1) is 0 Å². The zero-order valence-electron chi connectivity index (χ0n) is 24.7. The number of carbonyl (C=O) groups is 3. The minimum absolute atomic E-state index is 0.107. The van der Waals surface area contributed by atoms with E-state index in [0.29, 0.717) is 24.1 Å². The lowest BCUT2D eigenvalue weighted by Gasteiger charge is -2.38. The lowest BCUT2D eigenvalue weighted by molar-refractivity contribution is -0.143. The van der Waals surface area contributed by atoms with Crippen LogP contribution in [0.25, 0.3) is 6.08 Å². The number of aryl methyl sites for hydroxylation is 1. The highest BCUT2D eigenvalue weighted by atomic mass is 16.6. The summed E-state index contributed by atoms with van der Waals surface area (Å²) >= 11 is 0. The Kier molecular flexibility index (Phi) is 11.3. The number of ether oxygens (including phenoxy) is 1. The normalized spacial score (nSPS) is 13.7. The number of anilines is 1. The third-order valence-corrected chi connectivity index (χ3v) is 6.41. The molecule has 0 fully saturated rings. The minimum Gasteiger partial charge on any atom is -0.444 e. The van der Waals surface area contributed by atoms with E-state index in [4.69, 9.17) is 4.74 Å². The number of hydrogen-bond acceptors (Lipinski definition) is 4. The second-order valence-corrected chi connectivity index (χ2v) is 11.4. The average Bonchev–Trinajstić information content (AvgIpc) is 2.85. The molecule has 0 aromatic heterocycles. The van der Waals surface area contributed by atoms with Crippen LogP contribution in [0.5, 0.6) is 0 Å². The van der Waals surface area contributed by atoms with E-state index in [1.807, 2.05) is 83.1 Å². The SMILES string of the molecule is C=Cc1cccc(C(C(=O)Nc2ccccc2C)N(C(=O)C(CC(C)C)NC(=O)OC(C)(C)C)C(C)CC)c1. The van der Waals surface area contributed by atoms with Crippen molar-refractivity contribution in [1.82, 2.24) is 10.2 Å². The molecule has 3 unspecified atom stereocenters. The van der Waals surface area contributed by atoms with Gasteiger partial charge in [0.1, 0.15) is 17.7 Å². The van der Waals surface area contributed by atoms with Gasteiger partial charge < -0.3 is 20.3 Å². The van der Waals surface area contributed by atoms with E-state index in [0.717, 1.165) is 11.1 Å². The van der Waals surface area contributed by atoms with Crippen LogP contribution in [0.1, 0.15) is 84.0 Å². The molecule has 2 rings (SSSR count). The van der Waals surface area contributed by atoms with Crippen molar-refractivity contribution in [3.63, 3.8) is 0 Å². The third kappa shape index (κ3) is 9.27. The summed E-state index contributed by atoms with van der Waals surface area (Å²) in [6.07, 6.45) is 2.05. The van der Waals surface area contributed by atoms with Gasteiger partial charge in [0.15, 0.2) is 0 Å². The topological polar surface area (TPSA) is 87.7 Å². The Hall–Kier alpha value is -3.61. The van der Waals surface area contributed by atoms with Gasteiger partial charge in [-0.05, 0) is 82.2 Å². The standard InChI is InChI=1S/C32H45N3O4/c1-10-23(6)35(30(37)27(19-21(3)4)34-31(38)39-32(7,8)9)28(25-17-14-16-24(11-2)20-25)29(36)33-26-18-13-12-15-22(26)5/h11-18,20-21,23,27-28H,2,10,19H2,1,3-9H3,(H,33,36)(H,34,38). The van der Waals surface area contributed by atoms with E-state index in [9.17, 15) is 14.4 Å². The van der Waals surface area contributed by atoms with Gasteiger partial charge in [-0.1, -0.05) is 69.8 Å². The molecule has 0 saturated carbocycles. The van der Waals surface area contributed by atoms with Crippen LogP contribution in [-0.4, -0.2) is 40.5 Å². The maximum atomic E-state index is 14.3. The molecular weight excluding hydrogens is 490 g/mol. The summed E-state index contributed by atoms with van der Waals surface area (Å²) < 4.78 is 5.47. The molecule has 0 bridgehead atoms. The Morgan fingerprint density at radius 2 is 1.72 bits per heavy atom. The molecule has 39 heavy (non-hydrogen) atoms. The number of carbonyl (C=O) groups excluding carboxylic acids is 3. The van der Waals surface area contributed by atoms with Crippen LogP contribution in [-0.2, 0) is 14.3 Å². The molecule has 0 aliphatic carbocycles. The number of alkyl carbamates (subject to hydrolysis) is 1. The molecular formula is C32H45N3O4. The smallest absolute Gasteiger partial charge is 0.408 e. The Morgan fingerprint density at radius 3 is 2.28 bits per heavy atom. The first-order valence-electron chi connectivity index (χ1n) is 13.7. The molecule has 0 radical (unpaired) electrons. The third-order valence-electron chi connectivity index (χ3n) is 6.41. The molecule has 7 nitrogen and oxygen atoms in total. The van der Waals surface area contributed by atoms with Crippen LogP contribution in [0.3, 0.4) is 0 Å². The number of para-hydroxylation sites is 1. The Morgan fingerprint density at radius 1 is 1.05 bits per heavy atom. The summed E-state index contributed by atoms with van der Waals surface area (Å²) in [6.45, 7) is 19.0. The van der Waals surface area contributed by atoms with Gasteiger partial charge >= 0.3 is 6.09 Å². The summed E-state index contributed by atoms with van der Waals surface area (Å²) in [5.74, 6) is -0.561. The number of nitrogens with zero attached hydrogens (tertiary/aromatic N) is 1. The summed E-state index contributed by atoms with van der Waals surface area (Å²) in [7, 11) is 0. The van der Waals surface area contributed by atoms with Crippen molar-refractivity contribution in [2.75, 3.05) is 5.32 Å². The Balaban J connectivity index is 2.61. The van der Waals surface area contributed by atoms with Crippen molar-refractivity contribution < 1.29 is 19.1 Å². The second kappa shape index (κ2) is 14.0. The number of hydrogen-bond donors (Lipinski definition) is 2. The molecule has 0 heterocycles. The molecule has 3 amide bonds. The molecule has 0 aliphatic heterocycles. The highest BCUT2D eigenvalue weighted by Gasteiger charge is 2.39. The number of rotatable bonds is 11. The highest BCUT2D eigenvalue weighted by molar-refractivity contribution is 5.99. The van der Waals surface area contributed by atoms with Crippen molar-refractivity contribution in [2.24, 2.45) is 5.92 Å². The van der Waals surface area contributed by atoms with E-state index in [2.05, 4.69) is 17.2 Å². The second-order valence-electron chi connectivity index (χ2n) is 11.4. The fourth-order valence-corrected chi connectivity index (χ4v) is 4.33. The maximum absolute atomic E-state index is 14.3. The van der Waals surface area contributed by atoms with Crippen molar-refractivity contribution in [2.45, 2.75) is 92.0 Å². The van der Waals surface area contributed by atoms with Crippen molar-refractivity contribution >= 4 is 29.7 Å². The van der Waals surface area contributed by atoms with Gasteiger partial charge in [0.05, 0.1) is 0 Å². The molecule has 7 heteroatoms. The maximum Gasteiger partial charge on any atom is 0.408 e. The molecule has 212 valence electrons. The van der Waals surface area contributed by atoms with Crippen molar-refractivity contribution in [3.8, 4) is 0 Å². The minimum atomic E-state index is -0.943. The summed E-state index contributed by atoms with van der Waals surface area (Å²) in [5.41, 5.74) is 2.37. The highest BCUT2D eigenvalue weighted by Crippen LogP contribution is 2.29. The lowest BCUT2D eigenvalue weighted by atomic mass is 9.96. The molecule has 0 aliphatic rings. The Labute approximate surface area is 234 Å². The molecule has 2 N–H and O–H groups in total. The van der Waals surface area contributed by atoms with Gasteiger partial charge in [0.25, 0.3) is 5.91 Å². The first-order valence-corrected chi connectivity index (χ1v) is 13.7. The van der Waals surface area contributed by atoms with Crippen molar-refractivity contribution in [1.29, 1.82) is 0 Å². The molecule has 2 aromatic carbocycles. The van der Waals surface area contributed by atoms with E-state index < -0.39 is 23.8 Å². The summed E-state index contributed by atoms with van der Waals surface area (Å²) in [4.78, 5) is 42.7. The quantitative estimate of drug-likeness (QED) is 0.328. The van der Waals surface area contributed by atoms with Gasteiger partial charge in [-0.25, -0.2) is 4.79 Å². The van der Waals surface area contributed by atoms with Gasteiger partial charge in [0.2, 0.25) is 5.91 Å². The summed E-state index contributed by atoms with van der Waals surface area (Å²) in [5, 5.41) is 5.83. The predicted molar refractivity (Wildman–Crippen MR) is 158 cm³/mol. The molecule has 2 aromatic rings. The van der Waals surface area contributed by atoms with E-state index in [1.54, 1.807) is 31.7 Å². The summed E-state index contributed by atoms with van der Waals surface area (Å²) in [6, 6.07) is 12.9. The molecule has 3 atom stereocenters. The first kappa shape index (κ1) is 31.6. The van der Waals surface area contributed by atoms with E-state index in [-0.39, 0.29) is 23.8 Å². The van der Waals surface area contributed by atoms with Crippen molar-refractivity contribution in [3.05, 3.63) is 71.8 Å². The van der Waals surface area contributed by atoms with Crippen LogP contribution < -0.4 is 10.6 Å². The fourth-order valence-electron chi connectivity index (χ4n) is 4.33. The predicted octanol–water partition coefficient (Wildman–Crippen LogP) is 6.88. The molecule has 0 saturated heterocycles. The van der Waals surface area contributed by atoms with E-state index >= 15 is 0 Å². The zero-order chi connectivity index (χ0) is 29.3. The van der Waals surface area contributed by atoms with Gasteiger partial charge in [-0.2, -0.15) is 0 Å². The van der Waals surface area contributed by atoms with Crippen LogP contribution in [0.4, 0.5) is 10.5 Å². The molecule has 0 spiro atoms. The fraction of sp³-hybridized carbons (Fsp3) is 0.469. The van der Waals surface area contributed by atoms with Crippen LogP contribution in [0.2, 0.25) is 0 Å². The van der Waals surface area contributed by atoms with Crippen LogP contribution in [0.15, 0.2) is 55.1 Å².